The van der Waals surface area contributed by atoms with Gasteiger partial charge in [-0.3, -0.25) is 10.4 Å². The predicted molar refractivity (Wildman–Crippen MR) is 44.4 cm³/mol. The van der Waals surface area contributed by atoms with Crippen LogP contribution >= 0.6 is 0 Å². The molecule has 0 aromatic rings. The summed E-state index contributed by atoms with van der Waals surface area (Å²) in [5.41, 5.74) is 3.06. The Balaban J connectivity index is 1.89. The third-order valence-electron chi connectivity index (χ3n) is 2.53. The second-order valence-corrected chi connectivity index (χ2v) is 3.23. The van der Waals surface area contributed by atoms with Crippen molar-refractivity contribution in [3.63, 3.8) is 0 Å². The fourth-order valence-corrected chi connectivity index (χ4v) is 1.92. The number of nitrogens with one attached hydrogen (secondary N) is 2. The largest absolute Gasteiger partial charge is 0.369 e. The van der Waals surface area contributed by atoms with Crippen LogP contribution in [0.5, 0.6) is 0 Å². The number of rotatable bonds is 0. The number of hydrogen-bond acceptors (Lipinski definition) is 5. The van der Waals surface area contributed by atoms with Crippen molar-refractivity contribution in [2.24, 2.45) is 5.10 Å². The van der Waals surface area contributed by atoms with Gasteiger partial charge in [-0.2, -0.15) is 5.10 Å². The summed E-state index contributed by atoms with van der Waals surface area (Å²) in [6, 6.07) is 0. The van der Waals surface area contributed by atoms with E-state index >= 15 is 0 Å². The van der Waals surface area contributed by atoms with Crippen molar-refractivity contribution in [3.05, 3.63) is 12.4 Å². The SMILES string of the molecule is C1=CN2C(CCC3NN=CN32)N1. The van der Waals surface area contributed by atoms with E-state index in [1.807, 2.05) is 12.5 Å². The zero-order valence-corrected chi connectivity index (χ0v) is 6.64. The quantitative estimate of drug-likeness (QED) is 0.511. The third kappa shape index (κ3) is 0.654. The zero-order chi connectivity index (χ0) is 7.97. The number of hydrazone groups is 1. The summed E-state index contributed by atoms with van der Waals surface area (Å²) in [6.45, 7) is 0. The van der Waals surface area contributed by atoms with Crippen LogP contribution in [-0.4, -0.2) is 28.7 Å². The molecule has 3 heterocycles. The van der Waals surface area contributed by atoms with E-state index in [-0.39, 0.29) is 0 Å². The van der Waals surface area contributed by atoms with E-state index in [0.29, 0.717) is 12.3 Å². The maximum absolute atomic E-state index is 4.04. The lowest BCUT2D eigenvalue weighted by molar-refractivity contribution is -0.0185. The topological polar surface area (TPSA) is 42.9 Å². The van der Waals surface area contributed by atoms with Crippen LogP contribution in [0.25, 0.3) is 0 Å². The monoisotopic (exact) mass is 165 g/mol. The Bertz CT molecular complexity index is 222. The summed E-state index contributed by atoms with van der Waals surface area (Å²) in [7, 11) is 0. The van der Waals surface area contributed by atoms with E-state index in [9.17, 15) is 0 Å². The van der Waals surface area contributed by atoms with Gasteiger partial charge in [-0.1, -0.05) is 0 Å². The fraction of sp³-hybridized carbons (Fsp3) is 0.571. The molecule has 2 atom stereocenters. The summed E-state index contributed by atoms with van der Waals surface area (Å²) >= 11 is 0. The highest BCUT2D eigenvalue weighted by atomic mass is 15.8. The van der Waals surface area contributed by atoms with Gasteiger partial charge in [0.05, 0.1) is 0 Å². The minimum atomic E-state index is 0.366. The molecule has 3 aliphatic heterocycles. The Morgan fingerprint density at radius 3 is 3.17 bits per heavy atom. The van der Waals surface area contributed by atoms with Gasteiger partial charge in [-0.05, 0) is 12.8 Å². The molecule has 64 valence electrons. The highest BCUT2D eigenvalue weighted by Gasteiger charge is 2.35. The lowest BCUT2D eigenvalue weighted by atomic mass is 10.2. The lowest BCUT2D eigenvalue weighted by Gasteiger charge is -2.41. The molecule has 0 aliphatic carbocycles. The van der Waals surface area contributed by atoms with Gasteiger partial charge in [0.15, 0.2) is 0 Å². The van der Waals surface area contributed by atoms with Gasteiger partial charge in [0.2, 0.25) is 0 Å². The Labute approximate surface area is 70.7 Å². The summed E-state index contributed by atoms with van der Waals surface area (Å²) in [6.07, 6.45) is 8.97. The zero-order valence-electron chi connectivity index (χ0n) is 6.64. The van der Waals surface area contributed by atoms with Crippen LogP contribution in [0.3, 0.4) is 0 Å². The summed E-state index contributed by atoms with van der Waals surface area (Å²) in [5, 5.41) is 11.6. The normalized spacial score (nSPS) is 36.0. The summed E-state index contributed by atoms with van der Waals surface area (Å²) in [4.78, 5) is 0. The lowest BCUT2D eigenvalue weighted by Crippen LogP contribution is -2.56. The van der Waals surface area contributed by atoms with Crippen molar-refractivity contribution >= 4 is 6.34 Å². The predicted octanol–water partition coefficient (Wildman–Crippen LogP) is -0.428. The van der Waals surface area contributed by atoms with Crippen molar-refractivity contribution in [2.75, 3.05) is 0 Å². The molecule has 3 aliphatic rings. The molecule has 5 nitrogen and oxygen atoms in total. The molecule has 0 aromatic carbocycles. The van der Waals surface area contributed by atoms with E-state index in [4.69, 9.17) is 0 Å². The number of fused-ring (bicyclic) bond motifs is 3. The molecular formula is C7H11N5. The van der Waals surface area contributed by atoms with Crippen molar-refractivity contribution < 1.29 is 0 Å². The van der Waals surface area contributed by atoms with Crippen molar-refractivity contribution in [3.8, 4) is 0 Å². The first-order valence-corrected chi connectivity index (χ1v) is 4.23. The molecule has 5 heteroatoms. The van der Waals surface area contributed by atoms with Crippen molar-refractivity contribution in [1.29, 1.82) is 0 Å². The molecule has 0 radical (unpaired) electrons. The smallest absolute Gasteiger partial charge is 0.136 e. The number of hydrogen-bond donors (Lipinski definition) is 2. The van der Waals surface area contributed by atoms with Crippen LogP contribution in [0.2, 0.25) is 0 Å². The van der Waals surface area contributed by atoms with Crippen LogP contribution in [0.4, 0.5) is 0 Å². The van der Waals surface area contributed by atoms with Crippen LogP contribution in [-0.2, 0) is 0 Å². The van der Waals surface area contributed by atoms with Gasteiger partial charge in [0, 0.05) is 12.4 Å². The molecule has 0 bridgehead atoms. The van der Waals surface area contributed by atoms with Crippen LogP contribution in [0.1, 0.15) is 12.8 Å². The van der Waals surface area contributed by atoms with Gasteiger partial charge in [0.1, 0.15) is 18.7 Å². The molecule has 0 saturated carbocycles. The van der Waals surface area contributed by atoms with E-state index in [1.54, 1.807) is 0 Å². The van der Waals surface area contributed by atoms with Crippen molar-refractivity contribution in [2.45, 2.75) is 25.2 Å². The minimum Gasteiger partial charge on any atom is -0.369 e. The molecule has 1 fully saturated rings. The third-order valence-corrected chi connectivity index (χ3v) is 2.53. The molecule has 2 N–H and O–H groups in total. The molecule has 0 aromatic heterocycles. The molecule has 2 unspecified atom stereocenters. The second-order valence-electron chi connectivity index (χ2n) is 3.23. The maximum Gasteiger partial charge on any atom is 0.136 e. The first-order valence-electron chi connectivity index (χ1n) is 4.23. The minimum absolute atomic E-state index is 0.366. The van der Waals surface area contributed by atoms with Crippen molar-refractivity contribution in [1.82, 2.24) is 20.8 Å². The Morgan fingerprint density at radius 2 is 2.17 bits per heavy atom. The highest BCUT2D eigenvalue weighted by Crippen LogP contribution is 2.24. The summed E-state index contributed by atoms with van der Waals surface area (Å²) < 4.78 is 0. The number of hydrazine groups is 1. The molecule has 0 spiro atoms. The Kier molecular flexibility index (Phi) is 1.06. The molecule has 12 heavy (non-hydrogen) atoms. The average Bonchev–Trinajstić information content (AvgIpc) is 2.71. The van der Waals surface area contributed by atoms with E-state index in [2.05, 4.69) is 32.1 Å². The van der Waals surface area contributed by atoms with Crippen LogP contribution in [0, 0.1) is 0 Å². The van der Waals surface area contributed by atoms with E-state index in [1.165, 1.54) is 0 Å². The van der Waals surface area contributed by atoms with Gasteiger partial charge >= 0.3 is 0 Å². The van der Waals surface area contributed by atoms with Gasteiger partial charge in [-0.25, -0.2) is 5.01 Å². The van der Waals surface area contributed by atoms with E-state index < -0.39 is 0 Å². The average molecular weight is 165 g/mol. The molecular weight excluding hydrogens is 154 g/mol. The van der Waals surface area contributed by atoms with E-state index in [0.717, 1.165) is 12.8 Å². The van der Waals surface area contributed by atoms with Gasteiger partial charge in [0.25, 0.3) is 0 Å². The van der Waals surface area contributed by atoms with Crippen LogP contribution < -0.4 is 10.7 Å². The highest BCUT2D eigenvalue weighted by molar-refractivity contribution is 5.56. The maximum atomic E-state index is 4.04. The van der Waals surface area contributed by atoms with Gasteiger partial charge < -0.3 is 5.32 Å². The number of nitrogens with zero attached hydrogens (tertiary/aromatic N) is 3. The first-order chi connectivity index (χ1) is 5.95. The molecule has 3 rings (SSSR count). The second kappa shape index (κ2) is 2.06. The van der Waals surface area contributed by atoms with Gasteiger partial charge in [-0.15, -0.1) is 0 Å². The summed E-state index contributed by atoms with van der Waals surface area (Å²) in [5.74, 6) is 0. The Hall–Kier alpha value is -1.39. The van der Waals surface area contributed by atoms with Crippen LogP contribution in [0.15, 0.2) is 17.5 Å². The Morgan fingerprint density at radius 1 is 1.25 bits per heavy atom. The standard InChI is InChI=1S/C7H11N5/c1-2-7-10-9-5-12(7)11-4-3-8-6(1)11/h3-8,10H,1-2H2. The molecule has 0 amide bonds. The fourth-order valence-electron chi connectivity index (χ4n) is 1.92. The first kappa shape index (κ1) is 6.16. The molecule has 1 saturated heterocycles.